The lowest BCUT2D eigenvalue weighted by Crippen LogP contribution is -2.45. The summed E-state index contributed by atoms with van der Waals surface area (Å²) in [5, 5.41) is 0. The molecule has 1 aliphatic rings. The van der Waals surface area contributed by atoms with Gasteiger partial charge < -0.3 is 5.73 Å². The molecule has 1 aliphatic heterocycles. The number of piperidine rings is 1. The molecule has 1 aromatic heterocycles. The molecule has 0 aliphatic carbocycles. The third-order valence-corrected chi connectivity index (χ3v) is 5.60. The van der Waals surface area contributed by atoms with Crippen molar-refractivity contribution in [2.75, 3.05) is 18.8 Å². The zero-order valence-corrected chi connectivity index (χ0v) is 12.9. The van der Waals surface area contributed by atoms with Crippen molar-refractivity contribution in [1.29, 1.82) is 0 Å². The van der Waals surface area contributed by atoms with E-state index in [9.17, 15) is 8.42 Å². The van der Waals surface area contributed by atoms with Crippen molar-refractivity contribution in [1.82, 2.24) is 9.29 Å². The molecule has 20 heavy (non-hydrogen) atoms. The molecule has 0 aromatic carbocycles. The summed E-state index contributed by atoms with van der Waals surface area (Å²) >= 11 is 0. The summed E-state index contributed by atoms with van der Waals surface area (Å²) in [5.74, 6) is 0.754. The average molecular weight is 297 g/mol. The van der Waals surface area contributed by atoms with Crippen molar-refractivity contribution >= 4 is 10.0 Å². The maximum absolute atomic E-state index is 12.5. The fraction of sp³-hybridized carbons (Fsp3) is 0.643. The minimum absolute atomic E-state index is 0.0574. The highest BCUT2D eigenvalue weighted by atomic mass is 32.2. The van der Waals surface area contributed by atoms with Crippen molar-refractivity contribution in [3.63, 3.8) is 0 Å². The lowest BCUT2D eigenvalue weighted by Gasteiger charge is -2.34. The number of rotatable bonds is 4. The average Bonchev–Trinajstić information content (AvgIpc) is 2.38. The summed E-state index contributed by atoms with van der Waals surface area (Å²) in [6, 6.07) is 3.06. The summed E-state index contributed by atoms with van der Waals surface area (Å²) in [6.07, 6.45) is 4.36. The Balaban J connectivity index is 2.07. The van der Waals surface area contributed by atoms with Gasteiger partial charge in [0, 0.05) is 31.5 Å². The third kappa shape index (κ3) is 3.77. The van der Waals surface area contributed by atoms with Gasteiger partial charge in [0.1, 0.15) is 0 Å². The minimum Gasteiger partial charge on any atom is -0.323 e. The monoisotopic (exact) mass is 297 g/mol. The second-order valence-corrected chi connectivity index (χ2v) is 7.95. The first-order valence-electron chi connectivity index (χ1n) is 7.02. The van der Waals surface area contributed by atoms with Crippen LogP contribution in [-0.4, -0.2) is 36.5 Å². The van der Waals surface area contributed by atoms with Gasteiger partial charge in [-0.15, -0.1) is 0 Å². The van der Waals surface area contributed by atoms with E-state index in [1.807, 2.05) is 6.07 Å². The van der Waals surface area contributed by atoms with E-state index in [0.717, 1.165) is 12.0 Å². The van der Waals surface area contributed by atoms with Gasteiger partial charge in [-0.2, -0.15) is 0 Å². The Labute approximate surface area is 121 Å². The lowest BCUT2D eigenvalue weighted by molar-refractivity contribution is 0.222. The Kier molecular flexibility index (Phi) is 4.78. The second kappa shape index (κ2) is 6.20. The number of hydrogen-bond acceptors (Lipinski definition) is 4. The molecule has 0 bridgehead atoms. The highest BCUT2D eigenvalue weighted by Gasteiger charge is 2.31. The SMILES string of the molecule is CC1CC(C)CN(S(=O)(=O)CC(N)c2cccnc2)C1. The van der Waals surface area contributed by atoms with Crippen LogP contribution in [0.2, 0.25) is 0 Å². The standard InChI is InChI=1S/C14H23N3O2S/c1-11-6-12(2)9-17(8-11)20(18,19)10-14(15)13-4-3-5-16-7-13/h3-5,7,11-12,14H,6,8-10,15H2,1-2H3. The summed E-state index contributed by atoms with van der Waals surface area (Å²) in [4.78, 5) is 3.98. The number of pyridine rings is 1. The molecule has 112 valence electrons. The van der Waals surface area contributed by atoms with Crippen LogP contribution < -0.4 is 5.73 Å². The Morgan fingerprint density at radius 3 is 2.60 bits per heavy atom. The van der Waals surface area contributed by atoms with Gasteiger partial charge in [-0.3, -0.25) is 4.98 Å². The lowest BCUT2D eigenvalue weighted by atomic mass is 9.94. The van der Waals surface area contributed by atoms with Crippen molar-refractivity contribution in [2.24, 2.45) is 17.6 Å². The fourth-order valence-electron chi connectivity index (χ4n) is 2.86. The molecular formula is C14H23N3O2S. The predicted octanol–water partition coefficient (Wildman–Crippen LogP) is 1.39. The van der Waals surface area contributed by atoms with Gasteiger partial charge in [0.15, 0.2) is 0 Å². The van der Waals surface area contributed by atoms with E-state index in [-0.39, 0.29) is 5.75 Å². The Bertz CT molecular complexity index is 523. The topological polar surface area (TPSA) is 76.3 Å². The van der Waals surface area contributed by atoms with Gasteiger partial charge in [0.05, 0.1) is 5.75 Å². The zero-order chi connectivity index (χ0) is 14.8. The fourth-order valence-corrected chi connectivity index (χ4v) is 4.68. The molecule has 3 atom stereocenters. The van der Waals surface area contributed by atoms with Crippen LogP contribution in [0.25, 0.3) is 0 Å². The molecule has 0 saturated carbocycles. The van der Waals surface area contributed by atoms with E-state index < -0.39 is 16.1 Å². The van der Waals surface area contributed by atoms with E-state index in [0.29, 0.717) is 24.9 Å². The van der Waals surface area contributed by atoms with Crippen molar-refractivity contribution < 1.29 is 8.42 Å². The Hall–Kier alpha value is -0.980. The van der Waals surface area contributed by atoms with E-state index in [1.54, 1.807) is 22.8 Å². The van der Waals surface area contributed by atoms with Gasteiger partial charge in [0.25, 0.3) is 0 Å². The first-order valence-corrected chi connectivity index (χ1v) is 8.62. The van der Waals surface area contributed by atoms with Gasteiger partial charge in [-0.25, -0.2) is 12.7 Å². The third-order valence-electron chi connectivity index (χ3n) is 3.73. The molecule has 1 fully saturated rings. The molecule has 1 aromatic rings. The highest BCUT2D eigenvalue weighted by Crippen LogP contribution is 2.24. The maximum Gasteiger partial charge on any atom is 0.215 e. The molecule has 0 spiro atoms. The number of hydrogen-bond donors (Lipinski definition) is 1. The number of nitrogens with zero attached hydrogens (tertiary/aromatic N) is 2. The van der Waals surface area contributed by atoms with E-state index in [2.05, 4.69) is 18.8 Å². The minimum atomic E-state index is -3.32. The summed E-state index contributed by atoms with van der Waals surface area (Å²) < 4.78 is 26.6. The quantitative estimate of drug-likeness (QED) is 0.911. The number of nitrogens with two attached hydrogens (primary N) is 1. The highest BCUT2D eigenvalue weighted by molar-refractivity contribution is 7.89. The zero-order valence-electron chi connectivity index (χ0n) is 12.1. The van der Waals surface area contributed by atoms with E-state index >= 15 is 0 Å². The normalized spacial score (nSPS) is 26.4. The molecule has 3 unspecified atom stereocenters. The Morgan fingerprint density at radius 2 is 2.05 bits per heavy atom. The summed E-state index contributed by atoms with van der Waals surface area (Å²) in [5.41, 5.74) is 6.77. The molecule has 2 heterocycles. The molecule has 0 amide bonds. The molecular weight excluding hydrogens is 274 g/mol. The molecule has 0 radical (unpaired) electrons. The van der Waals surface area contributed by atoms with Crippen LogP contribution in [0.15, 0.2) is 24.5 Å². The Morgan fingerprint density at radius 1 is 1.40 bits per heavy atom. The van der Waals surface area contributed by atoms with Crippen LogP contribution in [0.3, 0.4) is 0 Å². The largest absolute Gasteiger partial charge is 0.323 e. The van der Waals surface area contributed by atoms with Gasteiger partial charge in [-0.05, 0) is 29.9 Å². The van der Waals surface area contributed by atoms with Crippen molar-refractivity contribution in [3.8, 4) is 0 Å². The van der Waals surface area contributed by atoms with Crippen LogP contribution >= 0.6 is 0 Å². The molecule has 2 N–H and O–H groups in total. The van der Waals surface area contributed by atoms with Crippen LogP contribution in [0.5, 0.6) is 0 Å². The van der Waals surface area contributed by atoms with Gasteiger partial charge in [-0.1, -0.05) is 19.9 Å². The summed E-state index contributed by atoms with van der Waals surface area (Å²) in [6.45, 7) is 5.40. The molecule has 2 rings (SSSR count). The van der Waals surface area contributed by atoms with Gasteiger partial charge in [0.2, 0.25) is 10.0 Å². The van der Waals surface area contributed by atoms with Crippen molar-refractivity contribution in [2.45, 2.75) is 26.3 Å². The predicted molar refractivity (Wildman–Crippen MR) is 79.5 cm³/mol. The number of aromatic nitrogens is 1. The smallest absolute Gasteiger partial charge is 0.215 e. The molecule has 5 nitrogen and oxygen atoms in total. The number of sulfonamides is 1. The van der Waals surface area contributed by atoms with E-state index in [4.69, 9.17) is 5.73 Å². The van der Waals surface area contributed by atoms with Gasteiger partial charge >= 0.3 is 0 Å². The summed E-state index contributed by atoms with van der Waals surface area (Å²) in [7, 11) is -3.32. The van der Waals surface area contributed by atoms with Crippen LogP contribution in [0, 0.1) is 11.8 Å². The first-order chi connectivity index (χ1) is 9.38. The van der Waals surface area contributed by atoms with Crippen LogP contribution in [-0.2, 0) is 10.0 Å². The van der Waals surface area contributed by atoms with Crippen molar-refractivity contribution in [3.05, 3.63) is 30.1 Å². The van der Waals surface area contributed by atoms with E-state index in [1.165, 1.54) is 0 Å². The molecule has 6 heteroatoms. The first kappa shape index (κ1) is 15.4. The van der Waals surface area contributed by atoms with Crippen LogP contribution in [0.4, 0.5) is 0 Å². The molecule has 1 saturated heterocycles. The second-order valence-electron chi connectivity index (χ2n) is 5.93. The maximum atomic E-state index is 12.5. The van der Waals surface area contributed by atoms with Crippen LogP contribution in [0.1, 0.15) is 31.9 Å².